The van der Waals surface area contributed by atoms with Gasteiger partial charge in [0, 0.05) is 6.42 Å². The van der Waals surface area contributed by atoms with Gasteiger partial charge in [0.15, 0.2) is 0 Å². The summed E-state index contributed by atoms with van der Waals surface area (Å²) >= 11 is 0. The topological polar surface area (TPSA) is 63.3 Å². The predicted molar refractivity (Wildman–Crippen MR) is 53.4 cm³/mol. The third-order valence-electron chi connectivity index (χ3n) is 2.02. The Morgan fingerprint density at radius 1 is 1.62 bits per heavy atom. The molecule has 0 aliphatic rings. The highest BCUT2D eigenvalue weighted by Gasteiger charge is 2.13. The lowest BCUT2D eigenvalue weighted by atomic mass is 9.93. The first-order valence-corrected chi connectivity index (χ1v) is 4.64. The van der Waals surface area contributed by atoms with E-state index in [1.165, 1.54) is 0 Å². The van der Waals surface area contributed by atoms with E-state index in [4.69, 9.17) is 10.8 Å². The Morgan fingerprint density at radius 2 is 2.23 bits per heavy atom. The first-order chi connectivity index (χ1) is 6.10. The molecule has 3 N–H and O–H groups in total. The standard InChI is InChI=1S/C10H19NO2/c1-3-4-8(2)5-9(7-11)6-10(12)13/h3-4,8-9H,5-7,11H2,1-2H3,(H,12,13). The van der Waals surface area contributed by atoms with Crippen LogP contribution in [0.1, 0.15) is 26.7 Å². The van der Waals surface area contributed by atoms with Gasteiger partial charge in [-0.15, -0.1) is 0 Å². The van der Waals surface area contributed by atoms with Crippen molar-refractivity contribution in [2.75, 3.05) is 6.54 Å². The number of carbonyl (C=O) groups is 1. The maximum Gasteiger partial charge on any atom is 0.303 e. The molecule has 0 radical (unpaired) electrons. The quantitative estimate of drug-likeness (QED) is 0.618. The maximum absolute atomic E-state index is 10.4. The lowest BCUT2D eigenvalue weighted by Crippen LogP contribution is -2.19. The van der Waals surface area contributed by atoms with Crippen LogP contribution in [0.25, 0.3) is 0 Å². The molecule has 0 aromatic carbocycles. The highest BCUT2D eigenvalue weighted by molar-refractivity contribution is 5.67. The fourth-order valence-electron chi connectivity index (χ4n) is 1.44. The van der Waals surface area contributed by atoms with Crippen molar-refractivity contribution < 1.29 is 9.90 Å². The minimum atomic E-state index is -0.761. The summed E-state index contributed by atoms with van der Waals surface area (Å²) in [6, 6.07) is 0. The largest absolute Gasteiger partial charge is 0.481 e. The maximum atomic E-state index is 10.4. The Bertz CT molecular complexity index is 178. The molecule has 0 saturated heterocycles. The van der Waals surface area contributed by atoms with Gasteiger partial charge in [0.05, 0.1) is 0 Å². The van der Waals surface area contributed by atoms with Crippen molar-refractivity contribution in [1.29, 1.82) is 0 Å². The Kier molecular flexibility index (Phi) is 6.24. The van der Waals surface area contributed by atoms with Gasteiger partial charge >= 0.3 is 5.97 Å². The molecule has 0 rings (SSSR count). The molecular formula is C10H19NO2. The van der Waals surface area contributed by atoms with Gasteiger partial charge in [0.2, 0.25) is 0 Å². The minimum absolute atomic E-state index is 0.101. The zero-order chi connectivity index (χ0) is 10.3. The van der Waals surface area contributed by atoms with Crippen LogP contribution in [-0.4, -0.2) is 17.6 Å². The fourth-order valence-corrected chi connectivity index (χ4v) is 1.44. The molecule has 0 heterocycles. The molecular weight excluding hydrogens is 166 g/mol. The lowest BCUT2D eigenvalue weighted by molar-refractivity contribution is -0.138. The highest BCUT2D eigenvalue weighted by atomic mass is 16.4. The summed E-state index contributed by atoms with van der Waals surface area (Å²) in [6.45, 7) is 4.49. The minimum Gasteiger partial charge on any atom is -0.481 e. The smallest absolute Gasteiger partial charge is 0.303 e. The van der Waals surface area contributed by atoms with Gasteiger partial charge in [-0.3, -0.25) is 4.79 Å². The van der Waals surface area contributed by atoms with Crippen LogP contribution in [0.2, 0.25) is 0 Å². The molecule has 0 spiro atoms. The molecule has 0 saturated carbocycles. The van der Waals surface area contributed by atoms with Crippen molar-refractivity contribution in [2.45, 2.75) is 26.7 Å². The first kappa shape index (κ1) is 12.2. The van der Waals surface area contributed by atoms with Crippen molar-refractivity contribution in [2.24, 2.45) is 17.6 Å². The molecule has 0 aliphatic carbocycles. The van der Waals surface area contributed by atoms with Gasteiger partial charge in [-0.05, 0) is 31.7 Å². The number of allylic oxidation sites excluding steroid dienone is 2. The molecule has 0 aliphatic heterocycles. The van der Waals surface area contributed by atoms with Crippen molar-refractivity contribution in [3.05, 3.63) is 12.2 Å². The average Bonchev–Trinajstić information content (AvgIpc) is 2.02. The zero-order valence-corrected chi connectivity index (χ0v) is 8.36. The normalized spacial score (nSPS) is 15.9. The highest BCUT2D eigenvalue weighted by Crippen LogP contribution is 2.15. The second kappa shape index (κ2) is 6.66. The van der Waals surface area contributed by atoms with E-state index < -0.39 is 5.97 Å². The van der Waals surface area contributed by atoms with Crippen LogP contribution in [0.15, 0.2) is 12.2 Å². The average molecular weight is 185 g/mol. The van der Waals surface area contributed by atoms with E-state index >= 15 is 0 Å². The summed E-state index contributed by atoms with van der Waals surface area (Å²) in [4.78, 5) is 10.4. The number of rotatable bonds is 6. The van der Waals surface area contributed by atoms with Crippen LogP contribution in [0.3, 0.4) is 0 Å². The number of hydrogen-bond donors (Lipinski definition) is 2. The van der Waals surface area contributed by atoms with Crippen molar-refractivity contribution in [1.82, 2.24) is 0 Å². The summed E-state index contributed by atoms with van der Waals surface area (Å²) in [7, 11) is 0. The number of aliphatic carboxylic acids is 1. The number of nitrogens with two attached hydrogens (primary N) is 1. The molecule has 2 unspecified atom stereocenters. The summed E-state index contributed by atoms with van der Waals surface area (Å²) in [5, 5.41) is 8.58. The molecule has 0 aromatic rings. The van der Waals surface area contributed by atoms with Crippen LogP contribution in [0.4, 0.5) is 0 Å². The van der Waals surface area contributed by atoms with E-state index in [0.717, 1.165) is 6.42 Å². The van der Waals surface area contributed by atoms with E-state index in [2.05, 4.69) is 13.0 Å². The van der Waals surface area contributed by atoms with Gasteiger partial charge in [0.25, 0.3) is 0 Å². The molecule has 2 atom stereocenters. The molecule has 0 amide bonds. The van der Waals surface area contributed by atoms with E-state index in [1.807, 2.05) is 13.0 Å². The molecule has 3 heteroatoms. The Morgan fingerprint density at radius 3 is 2.62 bits per heavy atom. The molecule has 0 bridgehead atoms. The fraction of sp³-hybridized carbons (Fsp3) is 0.700. The van der Waals surface area contributed by atoms with Gasteiger partial charge in [-0.2, -0.15) is 0 Å². The lowest BCUT2D eigenvalue weighted by Gasteiger charge is -2.14. The molecule has 13 heavy (non-hydrogen) atoms. The third kappa shape index (κ3) is 6.34. The zero-order valence-electron chi connectivity index (χ0n) is 8.36. The summed E-state index contributed by atoms with van der Waals surface area (Å²) in [5.41, 5.74) is 5.48. The molecule has 0 fully saturated rings. The van der Waals surface area contributed by atoms with Crippen LogP contribution in [-0.2, 0) is 4.79 Å². The van der Waals surface area contributed by atoms with Gasteiger partial charge in [-0.25, -0.2) is 0 Å². The van der Waals surface area contributed by atoms with Crippen LogP contribution >= 0.6 is 0 Å². The van der Waals surface area contributed by atoms with Crippen molar-refractivity contribution >= 4 is 5.97 Å². The summed E-state index contributed by atoms with van der Waals surface area (Å²) in [6.07, 6.45) is 5.09. The monoisotopic (exact) mass is 185 g/mol. The van der Waals surface area contributed by atoms with E-state index in [-0.39, 0.29) is 12.3 Å². The van der Waals surface area contributed by atoms with Crippen LogP contribution < -0.4 is 5.73 Å². The first-order valence-electron chi connectivity index (χ1n) is 4.64. The number of carboxylic acids is 1. The van der Waals surface area contributed by atoms with Crippen LogP contribution in [0, 0.1) is 11.8 Å². The Labute approximate surface area is 79.6 Å². The second-order valence-electron chi connectivity index (χ2n) is 3.44. The summed E-state index contributed by atoms with van der Waals surface area (Å²) in [5.74, 6) is -0.246. The van der Waals surface area contributed by atoms with Gasteiger partial charge < -0.3 is 10.8 Å². The van der Waals surface area contributed by atoms with E-state index in [1.54, 1.807) is 0 Å². The predicted octanol–water partition coefficient (Wildman–Crippen LogP) is 1.64. The molecule has 3 nitrogen and oxygen atoms in total. The Hall–Kier alpha value is -0.830. The van der Waals surface area contributed by atoms with Gasteiger partial charge in [0.1, 0.15) is 0 Å². The molecule has 76 valence electrons. The summed E-state index contributed by atoms with van der Waals surface area (Å²) < 4.78 is 0. The SMILES string of the molecule is CC=CC(C)CC(CN)CC(=O)O. The van der Waals surface area contributed by atoms with E-state index in [0.29, 0.717) is 12.5 Å². The van der Waals surface area contributed by atoms with E-state index in [9.17, 15) is 4.79 Å². The second-order valence-corrected chi connectivity index (χ2v) is 3.44. The van der Waals surface area contributed by atoms with Crippen LogP contribution in [0.5, 0.6) is 0 Å². The number of carboxylic acid groups (broad SMARTS) is 1. The Balaban J connectivity index is 3.89. The van der Waals surface area contributed by atoms with Gasteiger partial charge in [-0.1, -0.05) is 19.1 Å². The van der Waals surface area contributed by atoms with Crippen molar-refractivity contribution in [3.63, 3.8) is 0 Å². The molecule has 0 aromatic heterocycles. The third-order valence-corrected chi connectivity index (χ3v) is 2.02. The van der Waals surface area contributed by atoms with Crippen molar-refractivity contribution in [3.8, 4) is 0 Å². The number of hydrogen-bond acceptors (Lipinski definition) is 2.